The van der Waals surface area contributed by atoms with Gasteiger partial charge in [0.2, 0.25) is 0 Å². The maximum atomic E-state index is 12.1. The van der Waals surface area contributed by atoms with E-state index in [0.29, 0.717) is 22.9 Å². The van der Waals surface area contributed by atoms with Crippen LogP contribution in [0.1, 0.15) is 35.5 Å². The molecule has 0 radical (unpaired) electrons. The van der Waals surface area contributed by atoms with Crippen LogP contribution in [0.3, 0.4) is 0 Å². The van der Waals surface area contributed by atoms with E-state index in [1.807, 2.05) is 38.1 Å². The molecule has 1 aromatic carbocycles. The smallest absolute Gasteiger partial charge is 0.254 e. The van der Waals surface area contributed by atoms with Crippen molar-refractivity contribution in [2.45, 2.75) is 25.8 Å². The second-order valence-electron chi connectivity index (χ2n) is 5.55. The minimum atomic E-state index is -0.269. The van der Waals surface area contributed by atoms with Gasteiger partial charge in [0.05, 0.1) is 12.1 Å². The van der Waals surface area contributed by atoms with Crippen LogP contribution in [0, 0.1) is 0 Å². The van der Waals surface area contributed by atoms with Crippen LogP contribution in [0.25, 0.3) is 0 Å². The molecule has 120 valence electrons. The van der Waals surface area contributed by atoms with E-state index in [0.717, 1.165) is 5.56 Å². The van der Waals surface area contributed by atoms with Crippen molar-refractivity contribution >= 4 is 29.9 Å². The Kier molecular flexibility index (Phi) is 6.48. The van der Waals surface area contributed by atoms with E-state index in [9.17, 15) is 4.79 Å². The Morgan fingerprint density at radius 1 is 1.36 bits per heavy atom. The lowest BCUT2D eigenvalue weighted by atomic mass is 9.84. The third kappa shape index (κ3) is 4.26. The predicted molar refractivity (Wildman–Crippen MR) is 90.7 cm³/mol. The summed E-state index contributed by atoms with van der Waals surface area (Å²) in [7, 11) is 0. The molecule has 0 aliphatic carbocycles. The van der Waals surface area contributed by atoms with Gasteiger partial charge >= 0.3 is 0 Å². The molecule has 2 rings (SSSR count). The van der Waals surface area contributed by atoms with Crippen molar-refractivity contribution in [3.8, 4) is 0 Å². The molecule has 22 heavy (non-hydrogen) atoms. The quantitative estimate of drug-likeness (QED) is 0.873. The zero-order valence-corrected chi connectivity index (χ0v) is 14.1. The van der Waals surface area contributed by atoms with Crippen molar-refractivity contribution in [2.75, 3.05) is 6.54 Å². The van der Waals surface area contributed by atoms with E-state index in [4.69, 9.17) is 21.8 Å². The first kappa shape index (κ1) is 18.6. The first-order valence-electron chi connectivity index (χ1n) is 6.75. The number of hydrogen-bond acceptors (Lipinski definition) is 3. The highest BCUT2D eigenvalue weighted by atomic mass is 35.5. The fourth-order valence-electron chi connectivity index (χ4n) is 2.12. The summed E-state index contributed by atoms with van der Waals surface area (Å²) in [6, 6.07) is 9.30. The molecule has 0 aliphatic heterocycles. The van der Waals surface area contributed by atoms with Gasteiger partial charge in [0.15, 0.2) is 0 Å². The maximum absolute atomic E-state index is 12.1. The van der Waals surface area contributed by atoms with Crippen LogP contribution in [-0.2, 0) is 12.0 Å². The number of rotatable bonds is 5. The minimum absolute atomic E-state index is 0. The molecule has 0 fully saturated rings. The monoisotopic (exact) mass is 342 g/mol. The highest BCUT2D eigenvalue weighted by molar-refractivity contribution is 6.31. The van der Waals surface area contributed by atoms with Crippen LogP contribution in [-0.4, -0.2) is 12.5 Å². The van der Waals surface area contributed by atoms with Crippen LogP contribution in [0.15, 0.2) is 41.0 Å². The average molecular weight is 343 g/mol. The lowest BCUT2D eigenvalue weighted by Crippen LogP contribution is -2.36. The predicted octanol–water partition coefficient (Wildman–Crippen LogP) is 3.52. The van der Waals surface area contributed by atoms with Crippen molar-refractivity contribution < 1.29 is 9.21 Å². The number of carbonyl (C=O) groups excluding carboxylic acids is 1. The first-order chi connectivity index (χ1) is 9.94. The summed E-state index contributed by atoms with van der Waals surface area (Å²) in [6.45, 7) is 4.82. The number of amides is 1. The van der Waals surface area contributed by atoms with Crippen LogP contribution in [0.2, 0.25) is 5.02 Å². The molecule has 3 N–H and O–H groups in total. The maximum Gasteiger partial charge on any atom is 0.254 e. The van der Waals surface area contributed by atoms with E-state index in [1.165, 1.54) is 6.26 Å². The van der Waals surface area contributed by atoms with Gasteiger partial charge < -0.3 is 15.5 Å². The Hall–Kier alpha value is -1.49. The summed E-state index contributed by atoms with van der Waals surface area (Å²) in [5.74, 6) is 0.407. The molecule has 1 amide bonds. The highest BCUT2D eigenvalue weighted by Crippen LogP contribution is 2.29. The van der Waals surface area contributed by atoms with E-state index in [1.54, 1.807) is 6.07 Å². The summed E-state index contributed by atoms with van der Waals surface area (Å²) in [6.07, 6.45) is 1.42. The third-order valence-corrected chi connectivity index (χ3v) is 3.74. The van der Waals surface area contributed by atoms with Gasteiger partial charge in [-0.3, -0.25) is 4.79 Å². The SMILES string of the molecule is CC(C)(CNC(=O)c1coc(CN)c1)c1ccccc1Cl.Cl. The normalized spacial score (nSPS) is 10.9. The number of nitrogens with one attached hydrogen (secondary N) is 1. The molecule has 2 aromatic rings. The summed E-state index contributed by atoms with van der Waals surface area (Å²) < 4.78 is 5.16. The number of hydrogen-bond donors (Lipinski definition) is 2. The van der Waals surface area contributed by atoms with Gasteiger partial charge in [-0.2, -0.15) is 0 Å². The second kappa shape index (κ2) is 7.68. The number of benzene rings is 1. The van der Waals surface area contributed by atoms with Gasteiger partial charge in [0, 0.05) is 17.0 Å². The highest BCUT2D eigenvalue weighted by Gasteiger charge is 2.24. The molecule has 4 nitrogen and oxygen atoms in total. The molecule has 0 saturated heterocycles. The van der Waals surface area contributed by atoms with Gasteiger partial charge in [0.25, 0.3) is 5.91 Å². The molecular weight excluding hydrogens is 323 g/mol. The second-order valence-corrected chi connectivity index (χ2v) is 5.96. The molecule has 0 saturated carbocycles. The minimum Gasteiger partial charge on any atom is -0.467 e. The third-order valence-electron chi connectivity index (χ3n) is 3.41. The van der Waals surface area contributed by atoms with Crippen LogP contribution in [0.5, 0.6) is 0 Å². The summed E-state index contributed by atoms with van der Waals surface area (Å²) in [5, 5.41) is 3.60. The Balaban J connectivity index is 0.00000242. The molecular formula is C16H20Cl2N2O2. The van der Waals surface area contributed by atoms with Crippen molar-refractivity contribution in [1.29, 1.82) is 0 Å². The average Bonchev–Trinajstić information content (AvgIpc) is 2.94. The summed E-state index contributed by atoms with van der Waals surface area (Å²) in [4.78, 5) is 12.1. The molecule has 1 heterocycles. The number of nitrogens with two attached hydrogens (primary N) is 1. The van der Waals surface area contributed by atoms with Gasteiger partial charge in [0.1, 0.15) is 12.0 Å². The largest absolute Gasteiger partial charge is 0.467 e. The fourth-order valence-corrected chi connectivity index (χ4v) is 2.51. The lowest BCUT2D eigenvalue weighted by molar-refractivity contribution is 0.0945. The van der Waals surface area contributed by atoms with Crippen LogP contribution < -0.4 is 11.1 Å². The van der Waals surface area contributed by atoms with Crippen LogP contribution >= 0.6 is 24.0 Å². The molecule has 0 bridgehead atoms. The first-order valence-corrected chi connectivity index (χ1v) is 7.12. The summed E-state index contributed by atoms with van der Waals surface area (Å²) in [5.41, 5.74) is 6.67. The van der Waals surface area contributed by atoms with E-state index in [-0.39, 0.29) is 30.3 Å². The van der Waals surface area contributed by atoms with E-state index >= 15 is 0 Å². The molecule has 0 atom stereocenters. The van der Waals surface area contributed by atoms with Crippen LogP contribution in [0.4, 0.5) is 0 Å². The van der Waals surface area contributed by atoms with Gasteiger partial charge in [-0.05, 0) is 17.7 Å². The topological polar surface area (TPSA) is 68.3 Å². The zero-order valence-electron chi connectivity index (χ0n) is 12.6. The molecule has 0 aliphatic rings. The Bertz CT molecular complexity index is 639. The zero-order chi connectivity index (χ0) is 15.5. The lowest BCUT2D eigenvalue weighted by Gasteiger charge is -2.26. The Morgan fingerprint density at radius 2 is 2.05 bits per heavy atom. The Labute approximate surface area is 141 Å². The molecule has 1 aromatic heterocycles. The van der Waals surface area contributed by atoms with Gasteiger partial charge in [-0.25, -0.2) is 0 Å². The van der Waals surface area contributed by atoms with Gasteiger partial charge in [-0.15, -0.1) is 12.4 Å². The van der Waals surface area contributed by atoms with Crippen molar-refractivity contribution in [1.82, 2.24) is 5.32 Å². The number of furan rings is 1. The van der Waals surface area contributed by atoms with E-state index < -0.39 is 0 Å². The molecule has 0 spiro atoms. The number of carbonyl (C=O) groups is 1. The van der Waals surface area contributed by atoms with Crippen molar-refractivity contribution in [3.63, 3.8) is 0 Å². The molecule has 6 heteroatoms. The molecule has 0 unspecified atom stereocenters. The van der Waals surface area contributed by atoms with Gasteiger partial charge in [-0.1, -0.05) is 43.6 Å². The van der Waals surface area contributed by atoms with E-state index in [2.05, 4.69) is 5.32 Å². The summed E-state index contributed by atoms with van der Waals surface area (Å²) >= 11 is 6.22. The van der Waals surface area contributed by atoms with Crippen molar-refractivity contribution in [3.05, 3.63) is 58.5 Å². The van der Waals surface area contributed by atoms with Crippen molar-refractivity contribution in [2.24, 2.45) is 5.73 Å². The standard InChI is InChI=1S/C16H19ClN2O2.ClH/c1-16(2,13-5-3-4-6-14(13)17)10-19-15(20)11-7-12(8-18)21-9-11;/h3-7,9H,8,10,18H2,1-2H3,(H,19,20);1H. The number of halogens is 2. The Morgan fingerprint density at radius 3 is 2.64 bits per heavy atom. The fraction of sp³-hybridized carbons (Fsp3) is 0.312.